The van der Waals surface area contributed by atoms with Gasteiger partial charge in [-0.25, -0.2) is 4.39 Å². The molecule has 0 N–H and O–H groups in total. The van der Waals surface area contributed by atoms with Gasteiger partial charge < -0.3 is 4.57 Å². The van der Waals surface area contributed by atoms with Crippen LogP contribution in [0.1, 0.15) is 47.0 Å². The van der Waals surface area contributed by atoms with Crippen molar-refractivity contribution >= 4 is 0 Å². The van der Waals surface area contributed by atoms with Crippen LogP contribution in [0.2, 0.25) is 0 Å². The van der Waals surface area contributed by atoms with Gasteiger partial charge in [-0.1, -0.05) is 24.3 Å². The number of pyridine rings is 1. The maximum absolute atomic E-state index is 14.2. The Labute approximate surface area is 160 Å². The summed E-state index contributed by atoms with van der Waals surface area (Å²) >= 11 is 0. The molecular formula is C23H26FN3. The summed E-state index contributed by atoms with van der Waals surface area (Å²) in [4.78, 5) is 6.53. The number of aromatic nitrogens is 2. The zero-order chi connectivity index (χ0) is 18.8. The average Bonchev–Trinajstić information content (AvgIpc) is 3.44. The molecule has 1 fully saturated rings. The molecule has 3 nitrogen and oxygen atoms in total. The molecule has 0 bridgehead atoms. The predicted molar refractivity (Wildman–Crippen MR) is 106 cm³/mol. The molecule has 140 valence electrons. The Morgan fingerprint density at radius 2 is 1.81 bits per heavy atom. The quantitative estimate of drug-likeness (QED) is 0.577. The number of halogens is 1. The van der Waals surface area contributed by atoms with E-state index >= 15 is 0 Å². The molecule has 3 aromatic rings. The maximum Gasteiger partial charge on any atom is 0.127 e. The standard InChI is InChI=1S/C23H26FN3/c1-17-12-21(18(2)27(17)22-9-10-22)16-26(14-19-6-5-11-25-13-19)15-20-7-3-4-8-23(20)24/h3-8,11-13,22H,9-10,14-16H2,1-2H3. The Morgan fingerprint density at radius 3 is 2.52 bits per heavy atom. The van der Waals surface area contributed by atoms with Crippen molar-refractivity contribution in [2.75, 3.05) is 0 Å². The summed E-state index contributed by atoms with van der Waals surface area (Å²) in [6.45, 7) is 6.53. The Bertz CT molecular complexity index is 913. The molecule has 0 spiro atoms. The Kier molecular flexibility index (Phi) is 5.08. The number of nitrogens with zero attached hydrogens (tertiary/aromatic N) is 3. The van der Waals surface area contributed by atoms with Crippen molar-refractivity contribution < 1.29 is 4.39 Å². The second-order valence-corrected chi connectivity index (χ2v) is 7.60. The molecule has 1 aliphatic rings. The van der Waals surface area contributed by atoms with Gasteiger partial charge in [-0.3, -0.25) is 9.88 Å². The van der Waals surface area contributed by atoms with Gasteiger partial charge >= 0.3 is 0 Å². The summed E-state index contributed by atoms with van der Waals surface area (Å²) in [6.07, 6.45) is 6.24. The summed E-state index contributed by atoms with van der Waals surface area (Å²) in [5, 5.41) is 0. The number of hydrogen-bond donors (Lipinski definition) is 0. The van der Waals surface area contributed by atoms with Gasteiger partial charge in [0.2, 0.25) is 0 Å². The molecule has 4 heteroatoms. The first kappa shape index (κ1) is 17.9. The van der Waals surface area contributed by atoms with Gasteiger partial charge in [0.05, 0.1) is 0 Å². The van der Waals surface area contributed by atoms with Crippen molar-refractivity contribution in [2.45, 2.75) is 52.4 Å². The minimum absolute atomic E-state index is 0.142. The molecule has 0 aliphatic heterocycles. The van der Waals surface area contributed by atoms with Crippen molar-refractivity contribution in [3.05, 3.63) is 88.8 Å². The van der Waals surface area contributed by atoms with Crippen LogP contribution in [-0.2, 0) is 19.6 Å². The number of hydrogen-bond acceptors (Lipinski definition) is 2. The van der Waals surface area contributed by atoms with E-state index in [9.17, 15) is 4.39 Å². The van der Waals surface area contributed by atoms with Gasteiger partial charge in [-0.2, -0.15) is 0 Å². The van der Waals surface area contributed by atoms with Gasteiger partial charge in [0.1, 0.15) is 5.82 Å². The molecule has 0 atom stereocenters. The van der Waals surface area contributed by atoms with Crippen LogP contribution < -0.4 is 0 Å². The highest BCUT2D eigenvalue weighted by Gasteiger charge is 2.27. The molecule has 0 unspecified atom stereocenters. The Hall–Kier alpha value is -2.46. The van der Waals surface area contributed by atoms with Crippen LogP contribution in [0.5, 0.6) is 0 Å². The molecule has 4 rings (SSSR count). The van der Waals surface area contributed by atoms with Crippen LogP contribution in [0.3, 0.4) is 0 Å². The molecule has 0 amide bonds. The fraction of sp³-hybridized carbons (Fsp3) is 0.348. The lowest BCUT2D eigenvalue weighted by Gasteiger charge is -2.23. The van der Waals surface area contributed by atoms with E-state index in [-0.39, 0.29) is 5.82 Å². The molecule has 2 heterocycles. The summed E-state index contributed by atoms with van der Waals surface area (Å²) in [5.74, 6) is -0.142. The topological polar surface area (TPSA) is 21.1 Å². The average molecular weight is 363 g/mol. The van der Waals surface area contributed by atoms with E-state index in [4.69, 9.17) is 0 Å². The van der Waals surface area contributed by atoms with Crippen molar-refractivity contribution in [2.24, 2.45) is 0 Å². The van der Waals surface area contributed by atoms with Gasteiger partial charge in [0.15, 0.2) is 0 Å². The summed E-state index contributed by atoms with van der Waals surface area (Å²) in [5.41, 5.74) is 5.89. The third kappa shape index (κ3) is 4.11. The van der Waals surface area contributed by atoms with E-state index in [1.807, 2.05) is 24.4 Å². The normalized spacial score (nSPS) is 14.1. The lowest BCUT2D eigenvalue weighted by Crippen LogP contribution is -2.23. The number of rotatable bonds is 7. The van der Waals surface area contributed by atoms with Crippen molar-refractivity contribution in [1.29, 1.82) is 0 Å². The van der Waals surface area contributed by atoms with Crippen LogP contribution >= 0.6 is 0 Å². The lowest BCUT2D eigenvalue weighted by atomic mass is 10.1. The molecule has 27 heavy (non-hydrogen) atoms. The van der Waals surface area contributed by atoms with E-state index in [2.05, 4.69) is 40.4 Å². The van der Waals surface area contributed by atoms with E-state index in [0.29, 0.717) is 12.6 Å². The molecule has 1 saturated carbocycles. The highest BCUT2D eigenvalue weighted by atomic mass is 19.1. The monoisotopic (exact) mass is 363 g/mol. The van der Waals surface area contributed by atoms with E-state index in [1.54, 1.807) is 12.3 Å². The highest BCUT2D eigenvalue weighted by Crippen LogP contribution is 2.38. The fourth-order valence-electron chi connectivity index (χ4n) is 3.93. The third-order valence-electron chi connectivity index (χ3n) is 5.38. The molecule has 1 aromatic carbocycles. The van der Waals surface area contributed by atoms with E-state index < -0.39 is 0 Å². The molecule has 2 aromatic heterocycles. The maximum atomic E-state index is 14.2. The highest BCUT2D eigenvalue weighted by molar-refractivity contribution is 5.29. The predicted octanol–water partition coefficient (Wildman–Crippen LogP) is 5.18. The Balaban J connectivity index is 1.59. The zero-order valence-corrected chi connectivity index (χ0v) is 16.0. The zero-order valence-electron chi connectivity index (χ0n) is 16.0. The number of aryl methyl sites for hydroxylation is 1. The van der Waals surface area contributed by atoms with E-state index in [0.717, 1.165) is 24.2 Å². The smallest absolute Gasteiger partial charge is 0.127 e. The first-order valence-electron chi connectivity index (χ1n) is 9.64. The SMILES string of the molecule is Cc1cc(CN(Cc2cccnc2)Cc2ccccc2F)c(C)n1C1CC1. The minimum Gasteiger partial charge on any atom is -0.346 e. The van der Waals surface area contributed by atoms with Crippen LogP contribution in [0, 0.1) is 19.7 Å². The van der Waals surface area contributed by atoms with Crippen LogP contribution in [0.25, 0.3) is 0 Å². The third-order valence-corrected chi connectivity index (χ3v) is 5.38. The first-order valence-corrected chi connectivity index (χ1v) is 9.64. The molecular weight excluding hydrogens is 337 g/mol. The Morgan fingerprint density at radius 1 is 1.04 bits per heavy atom. The largest absolute Gasteiger partial charge is 0.346 e. The molecule has 0 saturated heterocycles. The molecule has 1 aliphatic carbocycles. The van der Waals surface area contributed by atoms with Crippen molar-refractivity contribution in [1.82, 2.24) is 14.5 Å². The first-order chi connectivity index (χ1) is 13.1. The number of benzene rings is 1. The van der Waals surface area contributed by atoms with Gasteiger partial charge in [-0.05, 0) is 56.0 Å². The van der Waals surface area contributed by atoms with Crippen LogP contribution in [0.4, 0.5) is 4.39 Å². The summed E-state index contributed by atoms with van der Waals surface area (Å²) in [6, 6.07) is 14.1. The van der Waals surface area contributed by atoms with E-state index in [1.165, 1.54) is 35.9 Å². The fourth-order valence-corrected chi connectivity index (χ4v) is 3.93. The van der Waals surface area contributed by atoms with Gasteiger partial charge in [-0.15, -0.1) is 0 Å². The van der Waals surface area contributed by atoms with Gasteiger partial charge in [0.25, 0.3) is 0 Å². The lowest BCUT2D eigenvalue weighted by molar-refractivity contribution is 0.243. The van der Waals surface area contributed by atoms with Crippen LogP contribution in [-0.4, -0.2) is 14.5 Å². The summed E-state index contributed by atoms with van der Waals surface area (Å²) in [7, 11) is 0. The second-order valence-electron chi connectivity index (χ2n) is 7.60. The van der Waals surface area contributed by atoms with Gasteiger partial charge in [0, 0.05) is 55.0 Å². The minimum atomic E-state index is -0.142. The summed E-state index contributed by atoms with van der Waals surface area (Å²) < 4.78 is 16.7. The second kappa shape index (κ2) is 7.65. The van der Waals surface area contributed by atoms with Crippen molar-refractivity contribution in [3.63, 3.8) is 0 Å². The van der Waals surface area contributed by atoms with Crippen LogP contribution in [0.15, 0.2) is 54.9 Å². The van der Waals surface area contributed by atoms with Crippen molar-refractivity contribution in [3.8, 4) is 0 Å². The molecule has 0 radical (unpaired) electrons.